The van der Waals surface area contributed by atoms with Crippen LogP contribution in [0.2, 0.25) is 0 Å². The first-order valence-electron chi connectivity index (χ1n) is 5.24. The van der Waals surface area contributed by atoms with Gasteiger partial charge in [-0.05, 0) is 34.1 Å². The number of hydrogen-bond acceptors (Lipinski definition) is 4. The molecule has 0 bridgehead atoms. The Morgan fingerprint density at radius 3 is 2.60 bits per heavy atom. The van der Waals surface area contributed by atoms with Crippen LogP contribution < -0.4 is 10.6 Å². The fourth-order valence-electron chi connectivity index (χ4n) is 1.13. The molecule has 0 aliphatic heterocycles. The van der Waals surface area contributed by atoms with Crippen molar-refractivity contribution in [2.24, 2.45) is 0 Å². The van der Waals surface area contributed by atoms with Crippen LogP contribution in [-0.2, 0) is 14.3 Å². The summed E-state index contributed by atoms with van der Waals surface area (Å²) in [5.41, 5.74) is 0.155. The molecule has 9 heteroatoms. The van der Waals surface area contributed by atoms with Gasteiger partial charge in [-0.1, -0.05) is 0 Å². The Morgan fingerprint density at radius 1 is 1.30 bits per heavy atom. The molecule has 0 unspecified atom stereocenters. The number of carbonyl (C=O) groups is 3. The summed E-state index contributed by atoms with van der Waals surface area (Å²) in [5, 5.41) is 12.4. The SMILES string of the molecule is O=C(O)COCC(=O)NC(=O)Nc1ccc(Br)c(F)c1. The average molecular weight is 349 g/mol. The van der Waals surface area contributed by atoms with Crippen LogP contribution >= 0.6 is 15.9 Å². The Labute approximate surface area is 121 Å². The van der Waals surface area contributed by atoms with Crippen molar-refractivity contribution < 1.29 is 28.6 Å². The lowest BCUT2D eigenvalue weighted by atomic mass is 10.3. The highest BCUT2D eigenvalue weighted by Gasteiger charge is 2.10. The van der Waals surface area contributed by atoms with E-state index in [-0.39, 0.29) is 10.2 Å². The van der Waals surface area contributed by atoms with E-state index < -0.39 is 36.9 Å². The first-order valence-corrected chi connectivity index (χ1v) is 6.03. The van der Waals surface area contributed by atoms with E-state index in [0.29, 0.717) is 0 Å². The largest absolute Gasteiger partial charge is 0.480 e. The zero-order valence-corrected chi connectivity index (χ0v) is 11.6. The second-order valence-electron chi connectivity index (χ2n) is 3.52. The number of nitrogens with one attached hydrogen (secondary N) is 2. The Morgan fingerprint density at radius 2 is 2.00 bits per heavy atom. The molecular weight excluding hydrogens is 339 g/mol. The zero-order valence-electron chi connectivity index (χ0n) is 9.98. The summed E-state index contributed by atoms with van der Waals surface area (Å²) in [6.07, 6.45) is 0. The molecule has 3 N–H and O–H groups in total. The molecular formula is C11H10BrFN2O5. The number of amides is 3. The highest BCUT2D eigenvalue weighted by Crippen LogP contribution is 2.19. The number of urea groups is 1. The van der Waals surface area contributed by atoms with Gasteiger partial charge in [0.1, 0.15) is 19.0 Å². The molecule has 0 spiro atoms. The molecule has 0 atom stereocenters. The van der Waals surface area contributed by atoms with E-state index in [2.05, 4.69) is 26.0 Å². The predicted octanol–water partition coefficient (Wildman–Crippen LogP) is 1.34. The van der Waals surface area contributed by atoms with Crippen molar-refractivity contribution in [2.45, 2.75) is 0 Å². The normalized spacial score (nSPS) is 9.90. The lowest BCUT2D eigenvalue weighted by Crippen LogP contribution is -2.37. The fourth-order valence-corrected chi connectivity index (χ4v) is 1.38. The van der Waals surface area contributed by atoms with Crippen LogP contribution in [0, 0.1) is 5.82 Å². The van der Waals surface area contributed by atoms with Crippen molar-refractivity contribution in [2.75, 3.05) is 18.5 Å². The number of benzene rings is 1. The molecule has 1 aromatic carbocycles. The average Bonchev–Trinajstić information content (AvgIpc) is 2.33. The number of carboxylic acid groups (broad SMARTS) is 1. The monoisotopic (exact) mass is 348 g/mol. The molecule has 0 aliphatic carbocycles. The number of rotatable bonds is 5. The van der Waals surface area contributed by atoms with Crippen molar-refractivity contribution >= 4 is 39.5 Å². The molecule has 0 saturated heterocycles. The molecule has 0 fully saturated rings. The van der Waals surface area contributed by atoms with Gasteiger partial charge in [0.2, 0.25) is 0 Å². The topological polar surface area (TPSA) is 105 Å². The fraction of sp³-hybridized carbons (Fsp3) is 0.182. The quantitative estimate of drug-likeness (QED) is 0.744. The maximum absolute atomic E-state index is 13.2. The van der Waals surface area contributed by atoms with Crippen LogP contribution in [0.3, 0.4) is 0 Å². The predicted molar refractivity (Wildman–Crippen MR) is 69.7 cm³/mol. The summed E-state index contributed by atoms with van der Waals surface area (Å²) in [7, 11) is 0. The Balaban J connectivity index is 2.41. The van der Waals surface area contributed by atoms with E-state index in [1.807, 2.05) is 5.32 Å². The van der Waals surface area contributed by atoms with Crippen LogP contribution in [0.15, 0.2) is 22.7 Å². The third-order valence-corrected chi connectivity index (χ3v) is 2.53. The van der Waals surface area contributed by atoms with Gasteiger partial charge in [-0.15, -0.1) is 0 Å². The van der Waals surface area contributed by atoms with Crippen LogP contribution in [0.5, 0.6) is 0 Å². The molecule has 1 rings (SSSR count). The number of aliphatic carboxylic acids is 1. The number of imide groups is 1. The van der Waals surface area contributed by atoms with Crippen molar-refractivity contribution in [3.8, 4) is 0 Å². The molecule has 0 radical (unpaired) electrons. The summed E-state index contributed by atoms with van der Waals surface area (Å²) in [4.78, 5) is 32.7. The Bertz CT molecular complexity index is 538. The lowest BCUT2D eigenvalue weighted by Gasteiger charge is -2.07. The van der Waals surface area contributed by atoms with Crippen molar-refractivity contribution in [1.29, 1.82) is 0 Å². The third-order valence-electron chi connectivity index (χ3n) is 1.89. The maximum Gasteiger partial charge on any atom is 0.329 e. The Kier molecular flexibility index (Phi) is 6.07. The second kappa shape index (κ2) is 7.56. The molecule has 0 aliphatic rings. The van der Waals surface area contributed by atoms with E-state index in [0.717, 1.165) is 6.07 Å². The highest BCUT2D eigenvalue weighted by molar-refractivity contribution is 9.10. The van der Waals surface area contributed by atoms with Gasteiger partial charge >= 0.3 is 12.0 Å². The van der Waals surface area contributed by atoms with Crippen LogP contribution in [-0.4, -0.2) is 36.2 Å². The number of halogens is 2. The van der Waals surface area contributed by atoms with Gasteiger partial charge in [-0.25, -0.2) is 14.0 Å². The molecule has 3 amide bonds. The third kappa shape index (κ3) is 5.76. The molecule has 7 nitrogen and oxygen atoms in total. The summed E-state index contributed by atoms with van der Waals surface area (Å²) in [5.74, 6) is -2.62. The van der Waals surface area contributed by atoms with Crippen LogP contribution in [0.4, 0.5) is 14.9 Å². The van der Waals surface area contributed by atoms with E-state index in [4.69, 9.17) is 5.11 Å². The van der Waals surface area contributed by atoms with E-state index in [1.54, 1.807) is 0 Å². The molecule has 0 saturated carbocycles. The van der Waals surface area contributed by atoms with Gasteiger partial charge in [0.05, 0.1) is 4.47 Å². The number of carbonyl (C=O) groups excluding carboxylic acids is 2. The summed E-state index contributed by atoms with van der Waals surface area (Å²) in [6, 6.07) is 3.01. The van der Waals surface area contributed by atoms with Gasteiger partial charge in [-0.2, -0.15) is 0 Å². The molecule has 0 heterocycles. The molecule has 1 aromatic rings. The number of anilines is 1. The minimum atomic E-state index is -1.23. The van der Waals surface area contributed by atoms with E-state index in [1.165, 1.54) is 12.1 Å². The summed E-state index contributed by atoms with van der Waals surface area (Å²) < 4.78 is 17.9. The van der Waals surface area contributed by atoms with Crippen LogP contribution in [0.1, 0.15) is 0 Å². The van der Waals surface area contributed by atoms with E-state index >= 15 is 0 Å². The zero-order chi connectivity index (χ0) is 15.1. The first-order chi connectivity index (χ1) is 9.38. The lowest BCUT2D eigenvalue weighted by molar-refractivity contribution is -0.143. The van der Waals surface area contributed by atoms with Gasteiger partial charge < -0.3 is 15.2 Å². The second-order valence-corrected chi connectivity index (χ2v) is 4.37. The summed E-state index contributed by atoms with van der Waals surface area (Å²) >= 11 is 2.95. The minimum Gasteiger partial charge on any atom is -0.480 e. The standard InChI is InChI=1S/C11H10BrFN2O5/c12-7-2-1-6(3-8(7)13)14-11(19)15-9(16)4-20-5-10(17)18/h1-3H,4-5H2,(H,17,18)(H2,14,15,16,19). The number of hydrogen-bond donors (Lipinski definition) is 3. The Hall–Kier alpha value is -2.00. The number of ether oxygens (including phenoxy) is 1. The first kappa shape index (κ1) is 16.1. The van der Waals surface area contributed by atoms with Crippen molar-refractivity contribution in [1.82, 2.24) is 5.32 Å². The molecule has 0 aromatic heterocycles. The number of carboxylic acids is 1. The van der Waals surface area contributed by atoms with Gasteiger partial charge in [0.25, 0.3) is 5.91 Å². The van der Waals surface area contributed by atoms with Gasteiger partial charge in [0, 0.05) is 5.69 Å². The van der Waals surface area contributed by atoms with E-state index in [9.17, 15) is 18.8 Å². The summed E-state index contributed by atoms with van der Waals surface area (Å²) in [6.45, 7) is -1.22. The van der Waals surface area contributed by atoms with Crippen molar-refractivity contribution in [3.63, 3.8) is 0 Å². The minimum absolute atomic E-state index is 0.155. The highest BCUT2D eigenvalue weighted by atomic mass is 79.9. The van der Waals surface area contributed by atoms with Gasteiger partial charge in [-0.3, -0.25) is 10.1 Å². The smallest absolute Gasteiger partial charge is 0.329 e. The van der Waals surface area contributed by atoms with Crippen LogP contribution in [0.25, 0.3) is 0 Å². The van der Waals surface area contributed by atoms with Crippen molar-refractivity contribution in [3.05, 3.63) is 28.5 Å². The molecule has 108 valence electrons. The maximum atomic E-state index is 13.2. The van der Waals surface area contributed by atoms with Gasteiger partial charge in [0.15, 0.2) is 0 Å². The molecule has 20 heavy (non-hydrogen) atoms.